The predicted molar refractivity (Wildman–Crippen MR) is 71.5 cm³/mol. The summed E-state index contributed by atoms with van der Waals surface area (Å²) < 4.78 is 5.93. The molecule has 19 heavy (non-hydrogen) atoms. The van der Waals surface area contributed by atoms with Gasteiger partial charge in [-0.3, -0.25) is 0 Å². The lowest BCUT2D eigenvalue weighted by Crippen LogP contribution is -2.43. The highest BCUT2D eigenvalue weighted by atomic mass is 16.4. The van der Waals surface area contributed by atoms with E-state index in [0.29, 0.717) is 12.5 Å². The molecule has 0 unspecified atom stereocenters. The minimum atomic E-state index is 0.562. The molecular formula is C15H23N3O. The quantitative estimate of drug-likeness (QED) is 0.904. The molecule has 104 valence electrons. The molecule has 0 aliphatic heterocycles. The maximum atomic E-state index is 5.93. The van der Waals surface area contributed by atoms with E-state index in [2.05, 4.69) is 10.2 Å². The van der Waals surface area contributed by atoms with Crippen LogP contribution in [0.15, 0.2) is 4.42 Å². The first-order valence-electron chi connectivity index (χ1n) is 7.86. The summed E-state index contributed by atoms with van der Waals surface area (Å²) in [5.74, 6) is 5.91. The number of hydrogen-bond donors (Lipinski definition) is 1. The standard InChI is InChI=1S/C15H23N3O/c16-3-1-2-13-17-18-15(19-13)14-11-5-9-4-10(7-11)8-12(14)6-9/h9-12,14H,1-8,16H2. The third-order valence-electron chi connectivity index (χ3n) is 5.59. The Balaban J connectivity index is 1.54. The molecule has 4 nitrogen and oxygen atoms in total. The smallest absolute Gasteiger partial charge is 0.220 e. The van der Waals surface area contributed by atoms with Gasteiger partial charge in [-0.2, -0.15) is 0 Å². The zero-order valence-corrected chi connectivity index (χ0v) is 11.4. The molecule has 4 fully saturated rings. The fraction of sp³-hybridized carbons (Fsp3) is 0.867. The van der Waals surface area contributed by atoms with E-state index >= 15 is 0 Å². The minimum absolute atomic E-state index is 0.562. The van der Waals surface area contributed by atoms with Crippen molar-refractivity contribution in [1.29, 1.82) is 0 Å². The van der Waals surface area contributed by atoms with Crippen LogP contribution in [0.1, 0.15) is 56.2 Å². The van der Waals surface area contributed by atoms with Gasteiger partial charge in [0.15, 0.2) is 0 Å². The number of hydrogen-bond acceptors (Lipinski definition) is 4. The summed E-state index contributed by atoms with van der Waals surface area (Å²) in [6.45, 7) is 0.690. The normalized spacial score (nSPS) is 39.9. The van der Waals surface area contributed by atoms with Crippen LogP contribution in [0.4, 0.5) is 0 Å². The van der Waals surface area contributed by atoms with Crippen LogP contribution in [0.3, 0.4) is 0 Å². The van der Waals surface area contributed by atoms with Crippen molar-refractivity contribution in [3.63, 3.8) is 0 Å². The first kappa shape index (κ1) is 11.9. The summed E-state index contributed by atoms with van der Waals surface area (Å²) in [5.41, 5.74) is 5.53. The van der Waals surface area contributed by atoms with Gasteiger partial charge in [0.2, 0.25) is 11.8 Å². The van der Waals surface area contributed by atoms with E-state index in [4.69, 9.17) is 10.2 Å². The number of aryl methyl sites for hydroxylation is 1. The Morgan fingerprint density at radius 3 is 2.32 bits per heavy atom. The Bertz CT molecular complexity index is 428. The Hall–Kier alpha value is -0.900. The third-order valence-corrected chi connectivity index (χ3v) is 5.59. The molecule has 0 spiro atoms. The molecule has 2 N–H and O–H groups in total. The van der Waals surface area contributed by atoms with Crippen molar-refractivity contribution in [2.45, 2.75) is 50.9 Å². The van der Waals surface area contributed by atoms with Crippen LogP contribution < -0.4 is 5.73 Å². The second-order valence-electron chi connectivity index (χ2n) is 6.88. The summed E-state index contributed by atoms with van der Waals surface area (Å²) in [7, 11) is 0. The van der Waals surface area contributed by atoms with Gasteiger partial charge in [-0.05, 0) is 68.7 Å². The average molecular weight is 261 g/mol. The van der Waals surface area contributed by atoms with Crippen molar-refractivity contribution in [3.05, 3.63) is 11.8 Å². The summed E-state index contributed by atoms with van der Waals surface area (Å²) in [6.07, 6.45) is 8.86. The first-order valence-corrected chi connectivity index (χ1v) is 7.86. The van der Waals surface area contributed by atoms with Crippen molar-refractivity contribution >= 4 is 0 Å². The van der Waals surface area contributed by atoms with Gasteiger partial charge in [-0.25, -0.2) is 0 Å². The molecule has 1 heterocycles. The molecule has 4 bridgehead atoms. The molecule has 4 saturated carbocycles. The molecular weight excluding hydrogens is 238 g/mol. The van der Waals surface area contributed by atoms with Crippen LogP contribution in [0.25, 0.3) is 0 Å². The topological polar surface area (TPSA) is 64.9 Å². The van der Waals surface area contributed by atoms with E-state index in [1.807, 2.05) is 0 Å². The first-order chi connectivity index (χ1) is 9.33. The molecule has 4 heteroatoms. The molecule has 0 saturated heterocycles. The van der Waals surface area contributed by atoms with Crippen LogP contribution in [0.2, 0.25) is 0 Å². The Morgan fingerprint density at radius 2 is 1.68 bits per heavy atom. The molecule has 0 amide bonds. The lowest BCUT2D eigenvalue weighted by Gasteiger charge is -2.53. The molecule has 0 atom stereocenters. The molecule has 0 radical (unpaired) electrons. The Kier molecular flexibility index (Phi) is 2.87. The van der Waals surface area contributed by atoms with Crippen LogP contribution in [0, 0.1) is 23.7 Å². The number of nitrogens with two attached hydrogens (primary N) is 1. The van der Waals surface area contributed by atoms with E-state index in [0.717, 1.165) is 48.3 Å². The Morgan fingerprint density at radius 1 is 1.00 bits per heavy atom. The van der Waals surface area contributed by atoms with Gasteiger partial charge in [0.05, 0.1) is 0 Å². The van der Waals surface area contributed by atoms with Gasteiger partial charge < -0.3 is 10.2 Å². The van der Waals surface area contributed by atoms with E-state index < -0.39 is 0 Å². The predicted octanol–water partition coefficient (Wildman–Crippen LogP) is 2.50. The fourth-order valence-corrected chi connectivity index (χ4v) is 5.08. The van der Waals surface area contributed by atoms with Gasteiger partial charge in [0.25, 0.3) is 0 Å². The lowest BCUT2D eigenvalue weighted by molar-refractivity contribution is -0.0118. The van der Waals surface area contributed by atoms with Crippen molar-refractivity contribution in [1.82, 2.24) is 10.2 Å². The monoisotopic (exact) mass is 261 g/mol. The average Bonchev–Trinajstić information content (AvgIpc) is 2.83. The highest BCUT2D eigenvalue weighted by Crippen LogP contribution is 2.59. The largest absolute Gasteiger partial charge is 0.425 e. The zero-order chi connectivity index (χ0) is 12.8. The summed E-state index contributed by atoms with van der Waals surface area (Å²) in [6, 6.07) is 0. The van der Waals surface area contributed by atoms with Gasteiger partial charge >= 0.3 is 0 Å². The van der Waals surface area contributed by atoms with E-state index in [-0.39, 0.29) is 0 Å². The van der Waals surface area contributed by atoms with Crippen LogP contribution in [0.5, 0.6) is 0 Å². The maximum Gasteiger partial charge on any atom is 0.220 e. The number of nitrogens with zero attached hydrogens (tertiary/aromatic N) is 2. The summed E-state index contributed by atoms with van der Waals surface area (Å²) in [4.78, 5) is 0. The van der Waals surface area contributed by atoms with Crippen molar-refractivity contribution < 1.29 is 4.42 Å². The summed E-state index contributed by atoms with van der Waals surface area (Å²) in [5, 5.41) is 8.57. The lowest BCUT2D eigenvalue weighted by atomic mass is 9.52. The second kappa shape index (κ2) is 4.58. The zero-order valence-electron chi connectivity index (χ0n) is 11.4. The SMILES string of the molecule is NCCCc1nnc(C2C3CC4CC(C3)CC2C4)o1. The van der Waals surface area contributed by atoms with Crippen molar-refractivity contribution in [3.8, 4) is 0 Å². The maximum absolute atomic E-state index is 5.93. The van der Waals surface area contributed by atoms with E-state index in [9.17, 15) is 0 Å². The van der Waals surface area contributed by atoms with Crippen LogP contribution in [-0.2, 0) is 6.42 Å². The van der Waals surface area contributed by atoms with E-state index in [1.165, 1.54) is 32.1 Å². The van der Waals surface area contributed by atoms with Gasteiger partial charge in [0, 0.05) is 12.3 Å². The Labute approximate surface area is 114 Å². The molecule has 1 aromatic heterocycles. The van der Waals surface area contributed by atoms with Gasteiger partial charge in [0.1, 0.15) is 0 Å². The van der Waals surface area contributed by atoms with Gasteiger partial charge in [-0.1, -0.05) is 0 Å². The van der Waals surface area contributed by atoms with Gasteiger partial charge in [-0.15, -0.1) is 10.2 Å². The molecule has 5 rings (SSSR count). The fourth-order valence-electron chi connectivity index (χ4n) is 5.08. The van der Waals surface area contributed by atoms with Crippen LogP contribution >= 0.6 is 0 Å². The number of rotatable bonds is 4. The molecule has 1 aromatic rings. The number of aromatic nitrogens is 2. The molecule has 4 aliphatic rings. The highest BCUT2D eigenvalue weighted by molar-refractivity contribution is 5.08. The summed E-state index contributed by atoms with van der Waals surface area (Å²) >= 11 is 0. The third kappa shape index (κ3) is 2.00. The van der Waals surface area contributed by atoms with Crippen LogP contribution in [-0.4, -0.2) is 16.7 Å². The van der Waals surface area contributed by atoms with Crippen molar-refractivity contribution in [2.75, 3.05) is 6.54 Å². The second-order valence-corrected chi connectivity index (χ2v) is 6.88. The van der Waals surface area contributed by atoms with Crippen molar-refractivity contribution in [2.24, 2.45) is 29.4 Å². The molecule has 0 aromatic carbocycles. The minimum Gasteiger partial charge on any atom is -0.425 e. The highest BCUT2D eigenvalue weighted by Gasteiger charge is 2.50. The van der Waals surface area contributed by atoms with E-state index in [1.54, 1.807) is 0 Å². The molecule has 4 aliphatic carbocycles.